The van der Waals surface area contributed by atoms with E-state index in [0.717, 1.165) is 0 Å². The summed E-state index contributed by atoms with van der Waals surface area (Å²) in [4.78, 5) is 34.0. The van der Waals surface area contributed by atoms with E-state index in [0.29, 0.717) is 41.8 Å². The maximum absolute atomic E-state index is 12.7. The van der Waals surface area contributed by atoms with Gasteiger partial charge in [-0.25, -0.2) is 9.97 Å². The molecule has 12 nitrogen and oxygen atoms in total. The smallest absolute Gasteiger partial charge is 0.308 e. The zero-order valence-electron chi connectivity index (χ0n) is 18.1. The standard InChI is InChI=1S/C23H16N8O4/c24-11-15-21(25)29-9-3-8-26-22(29)20(31(34)35)23(15)14-5-2-1-4-13(14)18-19(23)28-17-10-12(30(32)33)6-7-16(17)27-18/h1-2,4-7,10,26H,3,8-9,25H2. The van der Waals surface area contributed by atoms with Crippen molar-refractivity contribution in [2.45, 2.75) is 11.8 Å². The molecule has 12 heteroatoms. The number of nitrogens with one attached hydrogen (secondary N) is 1. The Balaban J connectivity index is 1.80. The SMILES string of the molecule is N#CC1=C(N)N2CCCNC2=C([N+](=O)[O-])C12c1ccccc1-c1nc3ccc([N+](=O)[O-])cc3nc12. The number of nitro benzene ring substituents is 1. The fourth-order valence-electron chi connectivity index (χ4n) is 5.33. The third-order valence-electron chi connectivity index (χ3n) is 6.72. The van der Waals surface area contributed by atoms with Gasteiger partial charge in [-0.05, 0) is 18.1 Å². The molecule has 172 valence electrons. The number of rotatable bonds is 2. The summed E-state index contributed by atoms with van der Waals surface area (Å²) in [6.45, 7) is 0.912. The first kappa shape index (κ1) is 20.5. The van der Waals surface area contributed by atoms with Gasteiger partial charge in [0.25, 0.3) is 5.69 Å². The fourth-order valence-corrected chi connectivity index (χ4v) is 5.33. The lowest BCUT2D eigenvalue weighted by atomic mass is 9.70. The third kappa shape index (κ3) is 2.49. The van der Waals surface area contributed by atoms with Crippen molar-refractivity contribution < 1.29 is 9.85 Å². The van der Waals surface area contributed by atoms with Gasteiger partial charge in [0.05, 0.1) is 37.8 Å². The van der Waals surface area contributed by atoms with Gasteiger partial charge >= 0.3 is 5.70 Å². The highest BCUT2D eigenvalue weighted by Crippen LogP contribution is 2.58. The van der Waals surface area contributed by atoms with Crippen LogP contribution in [0.3, 0.4) is 0 Å². The summed E-state index contributed by atoms with van der Waals surface area (Å²) in [6.07, 6.45) is 0.683. The molecule has 1 atom stereocenters. The maximum Gasteiger partial charge on any atom is 0.308 e. The number of nitriles is 1. The van der Waals surface area contributed by atoms with E-state index in [1.54, 1.807) is 29.2 Å². The summed E-state index contributed by atoms with van der Waals surface area (Å²) >= 11 is 0. The Morgan fingerprint density at radius 2 is 1.91 bits per heavy atom. The quantitative estimate of drug-likeness (QED) is 0.419. The van der Waals surface area contributed by atoms with Crippen molar-refractivity contribution in [3.8, 4) is 17.3 Å². The molecular weight excluding hydrogens is 452 g/mol. The van der Waals surface area contributed by atoms with Crippen LogP contribution in [-0.2, 0) is 5.41 Å². The van der Waals surface area contributed by atoms with E-state index in [-0.39, 0.29) is 39.8 Å². The Morgan fingerprint density at radius 1 is 1.11 bits per heavy atom. The first-order chi connectivity index (χ1) is 16.9. The minimum Gasteiger partial charge on any atom is -0.384 e. The molecule has 35 heavy (non-hydrogen) atoms. The molecule has 1 spiro atoms. The van der Waals surface area contributed by atoms with Crippen LogP contribution in [0, 0.1) is 31.6 Å². The average molecular weight is 468 g/mol. The molecule has 2 aliphatic heterocycles. The second kappa shape index (κ2) is 6.97. The first-order valence-electron chi connectivity index (χ1n) is 10.8. The van der Waals surface area contributed by atoms with Crippen molar-refractivity contribution >= 4 is 16.7 Å². The van der Waals surface area contributed by atoms with Crippen LogP contribution in [0.2, 0.25) is 0 Å². The van der Waals surface area contributed by atoms with Crippen molar-refractivity contribution in [3.05, 3.63) is 96.9 Å². The van der Waals surface area contributed by atoms with Crippen LogP contribution in [0.25, 0.3) is 22.3 Å². The lowest BCUT2D eigenvalue weighted by Gasteiger charge is -2.41. The molecule has 0 saturated carbocycles. The molecule has 1 unspecified atom stereocenters. The van der Waals surface area contributed by atoms with E-state index in [9.17, 15) is 25.5 Å². The number of aromatic nitrogens is 2. The van der Waals surface area contributed by atoms with Crippen LogP contribution in [0.4, 0.5) is 5.69 Å². The second-order valence-electron chi connectivity index (χ2n) is 8.40. The monoisotopic (exact) mass is 468 g/mol. The minimum atomic E-state index is -1.74. The Bertz CT molecular complexity index is 1600. The van der Waals surface area contributed by atoms with Crippen LogP contribution >= 0.6 is 0 Å². The molecule has 3 heterocycles. The molecule has 1 aliphatic carbocycles. The molecule has 3 N–H and O–H groups in total. The number of nitro groups is 2. The molecule has 6 rings (SSSR count). The third-order valence-corrected chi connectivity index (χ3v) is 6.72. The molecule has 0 bridgehead atoms. The molecule has 1 fully saturated rings. The first-order valence-corrected chi connectivity index (χ1v) is 10.8. The van der Waals surface area contributed by atoms with Crippen LogP contribution in [0.15, 0.2) is 65.4 Å². The number of benzene rings is 2. The number of hydrogen-bond acceptors (Lipinski definition) is 10. The van der Waals surface area contributed by atoms with Gasteiger partial charge in [-0.1, -0.05) is 24.3 Å². The normalized spacial score (nSPS) is 20.3. The van der Waals surface area contributed by atoms with Crippen molar-refractivity contribution in [2.75, 3.05) is 13.1 Å². The van der Waals surface area contributed by atoms with Gasteiger partial charge in [-0.3, -0.25) is 20.2 Å². The van der Waals surface area contributed by atoms with Gasteiger partial charge in [0.15, 0.2) is 11.2 Å². The van der Waals surface area contributed by atoms with E-state index in [1.807, 2.05) is 0 Å². The Hall–Kier alpha value is -5.05. The largest absolute Gasteiger partial charge is 0.384 e. The van der Waals surface area contributed by atoms with E-state index in [2.05, 4.69) is 11.4 Å². The van der Waals surface area contributed by atoms with E-state index in [4.69, 9.17) is 15.7 Å². The van der Waals surface area contributed by atoms with Gasteiger partial charge < -0.3 is 16.0 Å². The second-order valence-corrected chi connectivity index (χ2v) is 8.40. The Labute approximate surface area is 197 Å². The van der Waals surface area contributed by atoms with Gasteiger partial charge in [-0.2, -0.15) is 5.26 Å². The summed E-state index contributed by atoms with van der Waals surface area (Å²) in [7, 11) is 0. The van der Waals surface area contributed by atoms with Gasteiger partial charge in [0.1, 0.15) is 11.9 Å². The summed E-state index contributed by atoms with van der Waals surface area (Å²) in [6, 6.07) is 13.2. The highest BCUT2D eigenvalue weighted by molar-refractivity contribution is 5.88. The zero-order chi connectivity index (χ0) is 24.5. The van der Waals surface area contributed by atoms with E-state index >= 15 is 0 Å². The van der Waals surface area contributed by atoms with Crippen molar-refractivity contribution in [3.63, 3.8) is 0 Å². The number of non-ortho nitro benzene ring substituents is 1. The number of allylic oxidation sites excluding steroid dienone is 1. The summed E-state index contributed by atoms with van der Waals surface area (Å²) < 4.78 is 0. The molecule has 2 aromatic carbocycles. The summed E-state index contributed by atoms with van der Waals surface area (Å²) in [5.41, 5.74) is 6.41. The summed E-state index contributed by atoms with van der Waals surface area (Å²) in [5.74, 6) is 0.310. The number of nitrogens with two attached hydrogens (primary N) is 1. The van der Waals surface area contributed by atoms with Crippen molar-refractivity contribution in [1.82, 2.24) is 20.2 Å². The predicted octanol–water partition coefficient (Wildman–Crippen LogP) is 2.25. The summed E-state index contributed by atoms with van der Waals surface area (Å²) in [5, 5.41) is 37.6. The molecule has 1 saturated heterocycles. The number of hydrogen-bond donors (Lipinski definition) is 2. The number of fused-ring (bicyclic) bond motifs is 7. The number of nitrogens with zero attached hydrogens (tertiary/aromatic N) is 6. The van der Waals surface area contributed by atoms with Crippen LogP contribution in [-0.4, -0.2) is 37.8 Å². The van der Waals surface area contributed by atoms with Crippen molar-refractivity contribution in [1.29, 1.82) is 5.26 Å². The molecule has 3 aliphatic rings. The molecular formula is C23H16N8O4. The van der Waals surface area contributed by atoms with Gasteiger partial charge in [-0.15, -0.1) is 0 Å². The molecule has 1 aromatic heterocycles. The molecule has 3 aromatic rings. The molecule has 0 radical (unpaired) electrons. The topological polar surface area (TPSA) is 177 Å². The van der Waals surface area contributed by atoms with Crippen molar-refractivity contribution in [2.24, 2.45) is 5.73 Å². The molecule has 0 amide bonds. The van der Waals surface area contributed by atoms with Gasteiger partial charge in [0.2, 0.25) is 0 Å². The van der Waals surface area contributed by atoms with Crippen LogP contribution in [0.1, 0.15) is 17.7 Å². The lowest BCUT2D eigenvalue weighted by Crippen LogP contribution is -2.52. The Kier molecular flexibility index (Phi) is 4.09. The van der Waals surface area contributed by atoms with E-state index in [1.165, 1.54) is 18.2 Å². The van der Waals surface area contributed by atoms with Crippen LogP contribution in [0.5, 0.6) is 0 Å². The zero-order valence-corrected chi connectivity index (χ0v) is 18.1. The predicted molar refractivity (Wildman–Crippen MR) is 123 cm³/mol. The highest BCUT2D eigenvalue weighted by atomic mass is 16.6. The van der Waals surface area contributed by atoms with Crippen LogP contribution < -0.4 is 11.1 Å². The van der Waals surface area contributed by atoms with Gasteiger partial charge in [0, 0.05) is 30.8 Å². The maximum atomic E-state index is 12.7. The lowest BCUT2D eigenvalue weighted by molar-refractivity contribution is -0.436. The highest BCUT2D eigenvalue weighted by Gasteiger charge is 2.62. The fraction of sp³-hybridized carbons (Fsp3) is 0.174. The average Bonchev–Trinajstić information content (AvgIpc) is 3.12. The van der Waals surface area contributed by atoms with E-state index < -0.39 is 15.3 Å². The Morgan fingerprint density at radius 3 is 2.66 bits per heavy atom. The minimum absolute atomic E-state index is 0.0260.